The van der Waals surface area contributed by atoms with Gasteiger partial charge < -0.3 is 9.92 Å². The monoisotopic (exact) mass is 319 g/mol. The van der Waals surface area contributed by atoms with Crippen molar-refractivity contribution in [1.82, 2.24) is 0 Å². The molecule has 1 amide bonds. The van der Waals surface area contributed by atoms with Crippen molar-refractivity contribution in [3.63, 3.8) is 0 Å². The maximum atomic E-state index is 11.8. The van der Waals surface area contributed by atoms with Crippen LogP contribution in [0.25, 0.3) is 0 Å². The van der Waals surface area contributed by atoms with Gasteiger partial charge in [-0.25, -0.2) is 0 Å². The molecule has 0 aliphatic rings. The second-order valence-electron chi connectivity index (χ2n) is 5.00. The third kappa shape index (κ3) is 3.65. The summed E-state index contributed by atoms with van der Waals surface area (Å²) < 4.78 is 27.6. The van der Waals surface area contributed by atoms with Crippen LogP contribution in [0.3, 0.4) is 0 Å². The van der Waals surface area contributed by atoms with Crippen molar-refractivity contribution in [2.45, 2.75) is 12.8 Å². The molecule has 1 unspecified atom stereocenters. The molecule has 0 spiro atoms. The van der Waals surface area contributed by atoms with Gasteiger partial charge in [-0.1, -0.05) is 49.4 Å². The van der Waals surface area contributed by atoms with E-state index in [1.807, 2.05) is 37.3 Å². The summed E-state index contributed by atoms with van der Waals surface area (Å²) in [5, 5.41) is 0. The Morgan fingerprint density at radius 3 is 2.27 bits per heavy atom. The van der Waals surface area contributed by atoms with Crippen molar-refractivity contribution >= 4 is 16.0 Å². The summed E-state index contributed by atoms with van der Waals surface area (Å²) in [5.74, 6) is -0.904. The molecule has 0 aromatic heterocycles. The highest BCUT2D eigenvalue weighted by atomic mass is 32.2. The van der Waals surface area contributed by atoms with E-state index in [2.05, 4.69) is 0 Å². The third-order valence-corrected chi connectivity index (χ3v) is 3.79. The van der Waals surface area contributed by atoms with Crippen LogP contribution in [-0.2, 0) is 10.1 Å². The van der Waals surface area contributed by atoms with Gasteiger partial charge >= 0.3 is 10.1 Å². The van der Waals surface area contributed by atoms with Gasteiger partial charge in [-0.2, -0.15) is 8.42 Å². The van der Waals surface area contributed by atoms with Crippen LogP contribution in [0.2, 0.25) is 0 Å². The maximum Gasteiger partial charge on any atom is 0.306 e. The summed E-state index contributed by atoms with van der Waals surface area (Å²) in [5.41, 5.74) is 7.14. The quantitative estimate of drug-likeness (QED) is 0.857. The Kier molecular flexibility index (Phi) is 4.51. The molecule has 2 aromatic carbocycles. The summed E-state index contributed by atoms with van der Waals surface area (Å²) in [6.45, 7) is 1.92. The third-order valence-electron chi connectivity index (χ3n) is 3.31. The summed E-state index contributed by atoms with van der Waals surface area (Å²) in [6.07, 6.45) is 0.922. The largest absolute Gasteiger partial charge is 0.382 e. The van der Waals surface area contributed by atoms with Crippen LogP contribution in [0, 0.1) is 0 Å². The standard InChI is InChI=1S/C16H17NO4S/c1-11(12-7-4-3-5-8-12)13-9-6-10-14(15(13)16(17)18)21-22(2,19)20/h3-11H,1-2H3,(H2,17,18). The zero-order valence-corrected chi connectivity index (χ0v) is 13.1. The second-order valence-corrected chi connectivity index (χ2v) is 6.58. The predicted molar refractivity (Wildman–Crippen MR) is 84.4 cm³/mol. The lowest BCUT2D eigenvalue weighted by atomic mass is 9.89. The highest BCUT2D eigenvalue weighted by Crippen LogP contribution is 2.32. The fraction of sp³-hybridized carbons (Fsp3) is 0.188. The first-order chi connectivity index (χ1) is 10.3. The van der Waals surface area contributed by atoms with Crippen molar-refractivity contribution in [1.29, 1.82) is 0 Å². The number of hydrogen-bond donors (Lipinski definition) is 1. The number of primary amides is 1. The molecule has 0 heterocycles. The molecule has 2 aromatic rings. The molecule has 0 aliphatic heterocycles. The summed E-state index contributed by atoms with van der Waals surface area (Å²) in [6, 6.07) is 14.4. The molecule has 22 heavy (non-hydrogen) atoms. The maximum absolute atomic E-state index is 11.8. The molecular formula is C16H17NO4S. The molecule has 2 rings (SSSR count). The van der Waals surface area contributed by atoms with Crippen LogP contribution in [-0.4, -0.2) is 20.6 Å². The van der Waals surface area contributed by atoms with Crippen molar-refractivity contribution < 1.29 is 17.4 Å². The van der Waals surface area contributed by atoms with E-state index in [9.17, 15) is 13.2 Å². The van der Waals surface area contributed by atoms with Crippen LogP contribution >= 0.6 is 0 Å². The van der Waals surface area contributed by atoms with Crippen molar-refractivity contribution in [3.05, 3.63) is 65.2 Å². The zero-order chi connectivity index (χ0) is 16.3. The molecule has 116 valence electrons. The Morgan fingerprint density at radius 2 is 1.73 bits per heavy atom. The molecule has 0 fully saturated rings. The molecule has 0 saturated carbocycles. The first-order valence-corrected chi connectivity index (χ1v) is 8.48. The minimum Gasteiger partial charge on any atom is -0.382 e. The second kappa shape index (κ2) is 6.19. The molecule has 0 saturated heterocycles. The van der Waals surface area contributed by atoms with Crippen molar-refractivity contribution in [2.75, 3.05) is 6.26 Å². The average molecular weight is 319 g/mol. The molecule has 1 atom stereocenters. The number of hydrogen-bond acceptors (Lipinski definition) is 4. The number of amides is 1. The average Bonchev–Trinajstić information content (AvgIpc) is 2.45. The van der Waals surface area contributed by atoms with Gasteiger partial charge in [0.15, 0.2) is 5.75 Å². The summed E-state index contributed by atoms with van der Waals surface area (Å²) >= 11 is 0. The lowest BCUT2D eigenvalue weighted by molar-refractivity contribution is 0.0997. The van der Waals surface area contributed by atoms with E-state index >= 15 is 0 Å². The van der Waals surface area contributed by atoms with Gasteiger partial charge in [0.25, 0.3) is 5.91 Å². The minimum absolute atomic E-state index is 0.0460. The number of carbonyl (C=O) groups is 1. The van der Waals surface area contributed by atoms with E-state index < -0.39 is 16.0 Å². The smallest absolute Gasteiger partial charge is 0.306 e. The Balaban J connectivity index is 2.57. The van der Waals surface area contributed by atoms with Gasteiger partial charge in [0.05, 0.1) is 11.8 Å². The summed E-state index contributed by atoms with van der Waals surface area (Å²) in [7, 11) is -3.75. The first kappa shape index (κ1) is 16.0. The molecule has 0 bridgehead atoms. The Labute approximate surface area is 129 Å². The van der Waals surface area contributed by atoms with Crippen LogP contribution in [0.5, 0.6) is 5.75 Å². The van der Waals surface area contributed by atoms with Gasteiger partial charge in [0, 0.05) is 5.92 Å². The fourth-order valence-electron chi connectivity index (χ4n) is 2.33. The molecule has 0 radical (unpaired) electrons. The predicted octanol–water partition coefficient (Wildman–Crippen LogP) is 2.28. The molecule has 0 aliphatic carbocycles. The van der Waals surface area contributed by atoms with Crippen molar-refractivity contribution in [2.24, 2.45) is 5.73 Å². The van der Waals surface area contributed by atoms with Crippen LogP contribution in [0.4, 0.5) is 0 Å². The van der Waals surface area contributed by atoms with E-state index in [1.54, 1.807) is 12.1 Å². The first-order valence-electron chi connectivity index (χ1n) is 6.66. The topological polar surface area (TPSA) is 86.5 Å². The van der Waals surface area contributed by atoms with E-state index in [1.165, 1.54) is 6.07 Å². The lowest BCUT2D eigenvalue weighted by Crippen LogP contribution is -2.18. The normalized spacial score (nSPS) is 12.6. The number of carbonyl (C=O) groups excluding carboxylic acids is 1. The molecule has 5 nitrogen and oxygen atoms in total. The fourth-order valence-corrected chi connectivity index (χ4v) is 2.79. The van der Waals surface area contributed by atoms with Gasteiger partial charge in [0.1, 0.15) is 0 Å². The van der Waals surface area contributed by atoms with Crippen LogP contribution in [0.15, 0.2) is 48.5 Å². The molecule has 6 heteroatoms. The zero-order valence-electron chi connectivity index (χ0n) is 12.3. The highest BCUT2D eigenvalue weighted by molar-refractivity contribution is 7.86. The number of nitrogens with two attached hydrogens (primary N) is 1. The van der Waals surface area contributed by atoms with E-state index in [4.69, 9.17) is 9.92 Å². The molecular weight excluding hydrogens is 302 g/mol. The van der Waals surface area contributed by atoms with E-state index in [0.29, 0.717) is 5.56 Å². The van der Waals surface area contributed by atoms with Gasteiger partial charge in [-0.3, -0.25) is 4.79 Å². The van der Waals surface area contributed by atoms with Crippen molar-refractivity contribution in [3.8, 4) is 5.75 Å². The summed E-state index contributed by atoms with van der Waals surface area (Å²) in [4.78, 5) is 11.8. The molecule has 2 N–H and O–H groups in total. The number of rotatable bonds is 5. The van der Waals surface area contributed by atoms with Crippen LogP contribution < -0.4 is 9.92 Å². The van der Waals surface area contributed by atoms with Gasteiger partial charge in [0.2, 0.25) is 0 Å². The van der Waals surface area contributed by atoms with Gasteiger partial charge in [-0.15, -0.1) is 0 Å². The SMILES string of the molecule is CC(c1ccccc1)c1cccc(OS(C)(=O)=O)c1C(N)=O. The number of benzene rings is 2. The van der Waals surface area contributed by atoms with Crippen LogP contribution in [0.1, 0.15) is 34.3 Å². The Bertz CT molecular complexity index is 785. The highest BCUT2D eigenvalue weighted by Gasteiger charge is 2.22. The Hall–Kier alpha value is -2.34. The van der Waals surface area contributed by atoms with Gasteiger partial charge in [-0.05, 0) is 17.2 Å². The van der Waals surface area contributed by atoms with E-state index in [-0.39, 0.29) is 17.2 Å². The minimum atomic E-state index is -3.75. The Morgan fingerprint density at radius 1 is 1.09 bits per heavy atom. The van der Waals surface area contributed by atoms with E-state index in [0.717, 1.165) is 11.8 Å². The lowest BCUT2D eigenvalue weighted by Gasteiger charge is -2.17.